The lowest BCUT2D eigenvalue weighted by atomic mass is 10.0. The normalized spacial score (nSPS) is 15.1. The predicted octanol–water partition coefficient (Wildman–Crippen LogP) is 2.52. The fourth-order valence-corrected chi connectivity index (χ4v) is 5.74. The minimum absolute atomic E-state index is 0.0796. The summed E-state index contributed by atoms with van der Waals surface area (Å²) in [6.07, 6.45) is 15.0. The van der Waals surface area contributed by atoms with Crippen LogP contribution in [0.1, 0.15) is 57.8 Å². The lowest BCUT2D eigenvalue weighted by molar-refractivity contribution is -0.132. The van der Waals surface area contributed by atoms with Gasteiger partial charge in [-0.25, -0.2) is 0 Å². The molecule has 1 rings (SSSR count). The second-order valence-electron chi connectivity index (χ2n) is 8.71. The third-order valence-corrected chi connectivity index (χ3v) is 8.22. The van der Waals surface area contributed by atoms with Gasteiger partial charge in [-0.05, 0) is 25.4 Å². The Bertz CT molecular complexity index is 606. The first-order chi connectivity index (χ1) is 17.0. The van der Waals surface area contributed by atoms with Crippen LogP contribution in [-0.4, -0.2) is 96.3 Å². The summed E-state index contributed by atoms with van der Waals surface area (Å²) in [5, 5.41) is 8.86. The van der Waals surface area contributed by atoms with Gasteiger partial charge >= 0.3 is 0 Å². The smallest absolute Gasteiger partial charge is 0.242 e. The number of carbonyl (C=O) groups excluding carboxylic acids is 4. The SMILES string of the molecule is CSCC(=O)NCCN(CCNC(=O)CSC)C(=O)CNC(=O)CSC1CCCCCCCCC1. The summed E-state index contributed by atoms with van der Waals surface area (Å²) in [4.78, 5) is 50.2. The van der Waals surface area contributed by atoms with Crippen molar-refractivity contribution in [2.24, 2.45) is 0 Å². The Hall–Kier alpha value is -1.07. The zero-order valence-corrected chi connectivity index (χ0v) is 23.9. The molecule has 1 aliphatic carbocycles. The van der Waals surface area contributed by atoms with Gasteiger partial charge in [0.05, 0.1) is 23.8 Å². The van der Waals surface area contributed by atoms with Crippen LogP contribution in [-0.2, 0) is 19.2 Å². The van der Waals surface area contributed by atoms with Crippen LogP contribution in [0.3, 0.4) is 0 Å². The van der Waals surface area contributed by atoms with E-state index < -0.39 is 0 Å². The summed E-state index contributed by atoms with van der Waals surface area (Å²) in [7, 11) is 0. The number of amides is 4. The van der Waals surface area contributed by atoms with Gasteiger partial charge in [0.15, 0.2) is 0 Å². The summed E-state index contributed by atoms with van der Waals surface area (Å²) in [6.45, 7) is 1.22. The molecule has 0 aromatic heterocycles. The van der Waals surface area contributed by atoms with E-state index in [0.29, 0.717) is 48.7 Å². The van der Waals surface area contributed by atoms with Crippen LogP contribution in [0, 0.1) is 0 Å². The van der Waals surface area contributed by atoms with E-state index in [4.69, 9.17) is 0 Å². The quantitative estimate of drug-likeness (QED) is 0.289. The molecule has 0 spiro atoms. The van der Waals surface area contributed by atoms with Crippen LogP contribution in [0.2, 0.25) is 0 Å². The molecule has 0 aromatic carbocycles. The zero-order chi connectivity index (χ0) is 25.7. The zero-order valence-electron chi connectivity index (χ0n) is 21.4. The Morgan fingerprint density at radius 1 is 0.686 bits per heavy atom. The average molecular weight is 549 g/mol. The monoisotopic (exact) mass is 548 g/mol. The highest BCUT2D eigenvalue weighted by molar-refractivity contribution is 8.00. The van der Waals surface area contributed by atoms with Gasteiger partial charge in [0.1, 0.15) is 0 Å². The van der Waals surface area contributed by atoms with Crippen LogP contribution in [0.15, 0.2) is 0 Å². The fraction of sp³-hybridized carbons (Fsp3) is 0.833. The van der Waals surface area contributed by atoms with Crippen molar-refractivity contribution in [3.8, 4) is 0 Å². The molecular formula is C24H44N4O4S3. The maximum absolute atomic E-state index is 12.8. The average Bonchev–Trinajstić information content (AvgIpc) is 2.84. The molecule has 0 aromatic rings. The van der Waals surface area contributed by atoms with Crippen molar-refractivity contribution < 1.29 is 19.2 Å². The molecule has 0 heterocycles. The van der Waals surface area contributed by atoms with Gasteiger partial charge < -0.3 is 20.9 Å². The summed E-state index contributed by atoms with van der Waals surface area (Å²) in [5.74, 6) is 0.601. The van der Waals surface area contributed by atoms with Gasteiger partial charge in [0.2, 0.25) is 23.6 Å². The number of thioether (sulfide) groups is 3. The summed E-state index contributed by atoms with van der Waals surface area (Å²) in [6, 6.07) is 0. The highest BCUT2D eigenvalue weighted by Crippen LogP contribution is 2.25. The number of hydrogen-bond acceptors (Lipinski definition) is 7. The maximum Gasteiger partial charge on any atom is 0.242 e. The largest absolute Gasteiger partial charge is 0.354 e. The van der Waals surface area contributed by atoms with E-state index in [1.54, 1.807) is 16.7 Å². The Morgan fingerprint density at radius 2 is 1.14 bits per heavy atom. The van der Waals surface area contributed by atoms with E-state index in [-0.39, 0.29) is 30.2 Å². The lowest BCUT2D eigenvalue weighted by Gasteiger charge is -2.23. The molecule has 0 radical (unpaired) electrons. The molecule has 0 aliphatic heterocycles. The number of nitrogens with one attached hydrogen (secondary N) is 3. The topological polar surface area (TPSA) is 108 Å². The molecule has 1 aliphatic rings. The Kier molecular flexibility index (Phi) is 19.2. The van der Waals surface area contributed by atoms with Crippen molar-refractivity contribution in [2.75, 3.05) is 62.5 Å². The van der Waals surface area contributed by atoms with E-state index in [9.17, 15) is 19.2 Å². The fourth-order valence-electron chi connectivity index (χ4n) is 3.86. The minimum Gasteiger partial charge on any atom is -0.354 e. The van der Waals surface area contributed by atoms with Crippen LogP contribution >= 0.6 is 35.3 Å². The van der Waals surface area contributed by atoms with Crippen LogP contribution in [0.25, 0.3) is 0 Å². The first-order valence-corrected chi connectivity index (χ1v) is 16.5. The number of nitrogens with zero attached hydrogens (tertiary/aromatic N) is 1. The molecular weight excluding hydrogens is 504 g/mol. The highest BCUT2D eigenvalue weighted by Gasteiger charge is 2.17. The third kappa shape index (κ3) is 17.1. The van der Waals surface area contributed by atoms with Gasteiger partial charge in [-0.3, -0.25) is 19.2 Å². The predicted molar refractivity (Wildman–Crippen MR) is 150 cm³/mol. The van der Waals surface area contributed by atoms with Crippen LogP contribution in [0.5, 0.6) is 0 Å². The van der Waals surface area contributed by atoms with E-state index in [2.05, 4.69) is 16.0 Å². The maximum atomic E-state index is 12.8. The van der Waals surface area contributed by atoms with E-state index in [0.717, 1.165) is 12.8 Å². The second-order valence-corrected chi connectivity index (χ2v) is 11.7. The van der Waals surface area contributed by atoms with Crippen LogP contribution in [0.4, 0.5) is 0 Å². The van der Waals surface area contributed by atoms with Crippen molar-refractivity contribution in [1.82, 2.24) is 20.9 Å². The molecule has 1 fully saturated rings. The molecule has 0 atom stereocenters. The standard InChI is InChI=1S/C24H44N4O4S3/c1-33-17-21(29)25-12-14-28(15-13-26-22(30)18-34-2)24(32)16-27-23(31)19-35-20-10-8-6-4-3-5-7-9-11-20/h20H,3-19H2,1-2H3,(H,25,29)(H,26,30)(H,27,31). The van der Waals surface area contributed by atoms with Crippen molar-refractivity contribution in [3.05, 3.63) is 0 Å². The van der Waals surface area contributed by atoms with Crippen molar-refractivity contribution in [1.29, 1.82) is 0 Å². The van der Waals surface area contributed by atoms with Gasteiger partial charge in [0, 0.05) is 31.4 Å². The molecule has 3 N–H and O–H groups in total. The molecule has 202 valence electrons. The van der Waals surface area contributed by atoms with Crippen LogP contribution < -0.4 is 16.0 Å². The Labute approximate surface area is 224 Å². The van der Waals surface area contributed by atoms with Gasteiger partial charge in [0.25, 0.3) is 0 Å². The second kappa shape index (κ2) is 21.1. The molecule has 0 unspecified atom stereocenters. The van der Waals surface area contributed by atoms with E-state index in [1.165, 1.54) is 68.5 Å². The molecule has 35 heavy (non-hydrogen) atoms. The van der Waals surface area contributed by atoms with Gasteiger partial charge in [-0.2, -0.15) is 23.5 Å². The molecule has 4 amide bonds. The van der Waals surface area contributed by atoms with Crippen molar-refractivity contribution in [3.63, 3.8) is 0 Å². The molecule has 8 nitrogen and oxygen atoms in total. The van der Waals surface area contributed by atoms with E-state index in [1.807, 2.05) is 12.5 Å². The summed E-state index contributed by atoms with van der Waals surface area (Å²) >= 11 is 4.58. The molecule has 11 heteroatoms. The Morgan fingerprint density at radius 3 is 1.63 bits per heavy atom. The molecule has 0 saturated heterocycles. The summed E-state index contributed by atoms with van der Waals surface area (Å²) in [5.41, 5.74) is 0. The highest BCUT2D eigenvalue weighted by atomic mass is 32.2. The van der Waals surface area contributed by atoms with Crippen molar-refractivity contribution in [2.45, 2.75) is 63.0 Å². The van der Waals surface area contributed by atoms with Gasteiger partial charge in [-0.15, -0.1) is 11.8 Å². The minimum atomic E-state index is -0.222. The first kappa shape index (κ1) is 32.0. The number of rotatable bonds is 15. The number of carbonyl (C=O) groups is 4. The third-order valence-electron chi connectivity index (χ3n) is 5.75. The van der Waals surface area contributed by atoms with Gasteiger partial charge in [-0.1, -0.05) is 44.9 Å². The lowest BCUT2D eigenvalue weighted by Crippen LogP contribution is -2.47. The number of hydrogen-bond donors (Lipinski definition) is 3. The molecule has 0 bridgehead atoms. The Balaban J connectivity index is 2.44. The first-order valence-electron chi connectivity index (χ1n) is 12.6. The summed E-state index contributed by atoms with van der Waals surface area (Å²) < 4.78 is 0. The van der Waals surface area contributed by atoms with Crippen molar-refractivity contribution >= 4 is 58.9 Å². The molecule has 1 saturated carbocycles. The van der Waals surface area contributed by atoms with E-state index >= 15 is 0 Å².